The minimum atomic E-state index is -1.10. The number of hydrogen-bond acceptors (Lipinski definition) is 9. The van der Waals surface area contributed by atoms with Crippen molar-refractivity contribution in [2.45, 2.75) is 19.1 Å². The van der Waals surface area contributed by atoms with Crippen LogP contribution in [0, 0.1) is 0 Å². The molecule has 1 aromatic carbocycles. The van der Waals surface area contributed by atoms with Crippen molar-refractivity contribution < 1.29 is 30.0 Å². The van der Waals surface area contributed by atoms with Crippen LogP contribution >= 0.6 is 0 Å². The second-order valence-corrected chi connectivity index (χ2v) is 6.10. The number of aromatic nitrogens is 4. The van der Waals surface area contributed by atoms with Crippen molar-refractivity contribution in [2.75, 3.05) is 18.9 Å². The maximum absolute atomic E-state index is 10.9. The van der Waals surface area contributed by atoms with Gasteiger partial charge in [0, 0.05) is 0 Å². The number of nitrogens with two attached hydrogens (primary N) is 1. The fourth-order valence-corrected chi connectivity index (χ4v) is 2.62. The van der Waals surface area contributed by atoms with Gasteiger partial charge in [0.2, 0.25) is 0 Å². The van der Waals surface area contributed by atoms with E-state index in [9.17, 15) is 15.0 Å². The maximum Gasteiger partial charge on any atom is 0.320 e. The zero-order valence-corrected chi connectivity index (χ0v) is 14.7. The second-order valence-electron chi connectivity index (χ2n) is 6.10. The number of fused-ring (bicyclic) bond motifs is 1. The molecule has 0 amide bonds. The molecule has 0 aliphatic rings. The van der Waals surface area contributed by atoms with Gasteiger partial charge in [0.15, 0.2) is 17.0 Å². The number of hydrogen-bond donors (Lipinski definition) is 5. The minimum Gasteiger partial charge on any atom is -0.481 e. The van der Waals surface area contributed by atoms with Gasteiger partial charge in [-0.1, -0.05) is 24.3 Å². The summed E-state index contributed by atoms with van der Waals surface area (Å²) in [5.41, 5.74) is 7.58. The highest BCUT2D eigenvalue weighted by Gasteiger charge is 2.18. The van der Waals surface area contributed by atoms with Gasteiger partial charge in [-0.05, 0) is 11.1 Å². The average Bonchev–Trinajstić information content (AvgIpc) is 2.96. The molecule has 0 saturated heterocycles. The van der Waals surface area contributed by atoms with Crippen LogP contribution in [0.1, 0.15) is 11.1 Å². The summed E-state index contributed by atoms with van der Waals surface area (Å²) in [5, 5.41) is 37.4. The van der Waals surface area contributed by atoms with Crippen LogP contribution in [0.2, 0.25) is 0 Å². The molecule has 2 aromatic heterocycles. The lowest BCUT2D eigenvalue weighted by Gasteiger charge is -2.10. The molecule has 11 heteroatoms. The van der Waals surface area contributed by atoms with Crippen molar-refractivity contribution >= 4 is 23.0 Å². The lowest BCUT2D eigenvalue weighted by molar-refractivity contribution is -0.136. The fraction of sp³-hybridized carbons (Fsp3) is 0.294. The van der Waals surface area contributed by atoms with Gasteiger partial charge < -0.3 is 30.9 Å². The van der Waals surface area contributed by atoms with Crippen LogP contribution in [0.15, 0.2) is 24.3 Å². The van der Waals surface area contributed by atoms with Gasteiger partial charge in [-0.3, -0.25) is 9.36 Å². The number of aliphatic hydroxyl groups excluding tert-OH is 2. The molecule has 0 saturated carbocycles. The Bertz CT molecular complexity index is 1010. The first-order valence-electron chi connectivity index (χ1n) is 8.31. The molecule has 0 spiro atoms. The quantitative estimate of drug-likeness (QED) is 0.338. The number of anilines is 1. The van der Waals surface area contributed by atoms with Gasteiger partial charge in [-0.15, -0.1) is 0 Å². The highest BCUT2D eigenvalue weighted by atomic mass is 16.5. The molecule has 0 bridgehead atoms. The van der Waals surface area contributed by atoms with Crippen molar-refractivity contribution in [3.63, 3.8) is 0 Å². The molecule has 1 atom stereocenters. The van der Waals surface area contributed by atoms with E-state index in [0.717, 1.165) is 5.56 Å². The number of carboxylic acid groups (broad SMARTS) is 1. The SMILES string of the molecule is Nc1nc(OCC(O)CO)nc2c1nc(O)n2Cc1cccc(CC(=O)O)c1. The van der Waals surface area contributed by atoms with Crippen LogP contribution in [0.5, 0.6) is 12.0 Å². The number of carboxylic acids is 1. The molecule has 0 fully saturated rings. The van der Waals surface area contributed by atoms with Crippen molar-refractivity contribution in [1.29, 1.82) is 0 Å². The zero-order valence-electron chi connectivity index (χ0n) is 14.7. The molecular formula is C17H19N5O6. The molecule has 28 heavy (non-hydrogen) atoms. The van der Waals surface area contributed by atoms with Crippen LogP contribution in [-0.2, 0) is 17.8 Å². The number of aliphatic hydroxyl groups is 2. The summed E-state index contributed by atoms with van der Waals surface area (Å²) in [7, 11) is 0. The van der Waals surface area contributed by atoms with E-state index in [0.29, 0.717) is 5.56 Å². The van der Waals surface area contributed by atoms with Gasteiger partial charge in [-0.2, -0.15) is 15.0 Å². The number of aliphatic carboxylic acids is 1. The number of benzene rings is 1. The largest absolute Gasteiger partial charge is 0.481 e. The Balaban J connectivity index is 1.93. The average molecular weight is 389 g/mol. The molecule has 6 N–H and O–H groups in total. The fourth-order valence-electron chi connectivity index (χ4n) is 2.62. The monoisotopic (exact) mass is 389 g/mol. The molecule has 11 nitrogen and oxygen atoms in total. The van der Waals surface area contributed by atoms with Crippen molar-refractivity contribution in [1.82, 2.24) is 19.5 Å². The highest BCUT2D eigenvalue weighted by molar-refractivity contribution is 5.83. The maximum atomic E-state index is 10.9. The number of ether oxygens (including phenoxy) is 1. The van der Waals surface area contributed by atoms with Crippen molar-refractivity contribution in [2.24, 2.45) is 0 Å². The number of carbonyl (C=O) groups is 1. The van der Waals surface area contributed by atoms with E-state index in [-0.39, 0.29) is 48.6 Å². The third kappa shape index (κ3) is 4.27. The Labute approximate surface area is 158 Å². The molecule has 0 aliphatic carbocycles. The van der Waals surface area contributed by atoms with Crippen LogP contribution in [0.4, 0.5) is 5.82 Å². The van der Waals surface area contributed by atoms with Crippen molar-refractivity contribution in [3.05, 3.63) is 35.4 Å². The van der Waals surface area contributed by atoms with Gasteiger partial charge >= 0.3 is 12.0 Å². The highest BCUT2D eigenvalue weighted by Crippen LogP contribution is 2.26. The summed E-state index contributed by atoms with van der Waals surface area (Å²) >= 11 is 0. The number of aromatic hydroxyl groups is 1. The summed E-state index contributed by atoms with van der Waals surface area (Å²) in [6, 6.07) is 6.42. The first-order valence-corrected chi connectivity index (χ1v) is 8.31. The van der Waals surface area contributed by atoms with Gasteiger partial charge in [0.25, 0.3) is 6.01 Å². The molecule has 0 radical (unpaired) electrons. The van der Waals surface area contributed by atoms with E-state index in [2.05, 4.69) is 15.0 Å². The Kier molecular flexibility index (Phi) is 5.57. The summed E-state index contributed by atoms with van der Waals surface area (Å²) in [6.07, 6.45) is -1.22. The number of rotatable bonds is 8. The first kappa shape index (κ1) is 19.3. The van der Waals surface area contributed by atoms with Gasteiger partial charge in [0.1, 0.15) is 12.7 Å². The van der Waals surface area contributed by atoms with Gasteiger partial charge in [0.05, 0.1) is 19.6 Å². The number of nitrogens with zero attached hydrogens (tertiary/aromatic N) is 4. The second kappa shape index (κ2) is 8.06. The molecule has 3 aromatic rings. The Hall–Kier alpha value is -3.44. The summed E-state index contributed by atoms with van der Waals surface area (Å²) in [5.74, 6) is -0.965. The summed E-state index contributed by atoms with van der Waals surface area (Å²) < 4.78 is 6.60. The Morgan fingerprint density at radius 2 is 2.00 bits per heavy atom. The molecular weight excluding hydrogens is 370 g/mol. The normalized spacial score (nSPS) is 12.2. The third-order valence-corrected chi connectivity index (χ3v) is 3.88. The lowest BCUT2D eigenvalue weighted by atomic mass is 10.1. The van der Waals surface area contributed by atoms with Crippen LogP contribution in [0.25, 0.3) is 11.2 Å². The lowest BCUT2D eigenvalue weighted by Crippen LogP contribution is -2.22. The minimum absolute atomic E-state index is 0.0211. The molecule has 2 heterocycles. The summed E-state index contributed by atoms with van der Waals surface area (Å²) in [4.78, 5) is 22.9. The molecule has 148 valence electrons. The third-order valence-electron chi connectivity index (χ3n) is 3.88. The molecule has 0 aliphatic heterocycles. The van der Waals surface area contributed by atoms with Crippen LogP contribution in [-0.4, -0.2) is 65.2 Å². The first-order chi connectivity index (χ1) is 13.4. The molecule has 1 unspecified atom stereocenters. The van der Waals surface area contributed by atoms with E-state index < -0.39 is 18.7 Å². The van der Waals surface area contributed by atoms with Gasteiger partial charge in [-0.25, -0.2) is 0 Å². The predicted molar refractivity (Wildman–Crippen MR) is 96.9 cm³/mol. The topological polar surface area (TPSA) is 177 Å². The smallest absolute Gasteiger partial charge is 0.320 e. The van der Waals surface area contributed by atoms with Crippen LogP contribution in [0.3, 0.4) is 0 Å². The van der Waals surface area contributed by atoms with E-state index in [1.54, 1.807) is 24.3 Å². The van der Waals surface area contributed by atoms with E-state index in [1.807, 2.05) is 0 Å². The van der Waals surface area contributed by atoms with E-state index >= 15 is 0 Å². The van der Waals surface area contributed by atoms with E-state index in [1.165, 1.54) is 4.57 Å². The number of nitrogen functional groups attached to an aromatic ring is 1. The zero-order chi connectivity index (χ0) is 20.3. The van der Waals surface area contributed by atoms with Crippen molar-refractivity contribution in [3.8, 4) is 12.0 Å². The van der Waals surface area contributed by atoms with E-state index in [4.69, 9.17) is 20.7 Å². The predicted octanol–water partition coefficient (Wildman–Crippen LogP) is -0.479. The Morgan fingerprint density at radius 1 is 1.25 bits per heavy atom. The Morgan fingerprint density at radius 3 is 2.71 bits per heavy atom. The molecule has 3 rings (SSSR count). The number of imidazole rings is 1. The van der Waals surface area contributed by atoms with Crippen LogP contribution < -0.4 is 10.5 Å². The standard InChI is InChI=1S/C17H19N5O6/c18-14-13-15(21-16(20-14)28-8-11(24)7-23)22(17(27)19-13)6-10-3-1-2-9(4-10)5-12(25)26/h1-4,11,23-24H,5-8H2,(H,19,27)(H,25,26)(H2,18,20,21). The summed E-state index contributed by atoms with van der Waals surface area (Å²) in [6.45, 7) is -0.563.